The molecular weight excluding hydrogens is 238 g/mol. The molecule has 17 heavy (non-hydrogen) atoms. The van der Waals surface area contributed by atoms with Gasteiger partial charge < -0.3 is 0 Å². The fourth-order valence-electron chi connectivity index (χ4n) is 1.56. The van der Waals surface area contributed by atoms with Crippen molar-refractivity contribution in [2.45, 2.75) is 39.8 Å². The molecule has 92 valence electrons. The lowest BCUT2D eigenvalue weighted by molar-refractivity contribution is 0.521. The molecule has 0 radical (unpaired) electrons. The van der Waals surface area contributed by atoms with E-state index in [-0.39, 0.29) is 4.87 Å². The van der Waals surface area contributed by atoms with Gasteiger partial charge in [0.15, 0.2) is 5.82 Å². The number of unbranched alkanes of at least 4 members (excludes halogenated alkanes) is 1. The molecule has 0 N–H and O–H groups in total. The first kappa shape index (κ1) is 12.0. The van der Waals surface area contributed by atoms with Gasteiger partial charge in [-0.15, -0.1) is 5.10 Å². The zero-order valence-corrected chi connectivity index (χ0v) is 10.8. The Morgan fingerprint density at radius 3 is 2.94 bits per heavy atom. The van der Waals surface area contributed by atoms with Crippen LogP contribution in [0.3, 0.4) is 0 Å². The van der Waals surface area contributed by atoms with E-state index in [1.165, 1.54) is 11.3 Å². The summed E-state index contributed by atoms with van der Waals surface area (Å²) >= 11 is 1.21. The highest BCUT2D eigenvalue weighted by molar-refractivity contribution is 7.07. The average molecular weight is 253 g/mol. The molecule has 0 aliphatic carbocycles. The van der Waals surface area contributed by atoms with Gasteiger partial charge in [-0.25, -0.2) is 4.68 Å². The van der Waals surface area contributed by atoms with Crippen molar-refractivity contribution >= 4 is 11.3 Å². The van der Waals surface area contributed by atoms with Gasteiger partial charge in [0.1, 0.15) is 0 Å². The SMILES string of the molecule is CCCCn1nnnc1Cn1c(C)csc1=O. The van der Waals surface area contributed by atoms with E-state index < -0.39 is 0 Å². The summed E-state index contributed by atoms with van der Waals surface area (Å²) in [5.41, 5.74) is 0.949. The molecule has 0 aliphatic heterocycles. The summed E-state index contributed by atoms with van der Waals surface area (Å²) in [6, 6.07) is 0. The first-order valence-electron chi connectivity index (χ1n) is 5.62. The van der Waals surface area contributed by atoms with Crippen LogP contribution in [0.2, 0.25) is 0 Å². The Labute approximate surface area is 103 Å². The average Bonchev–Trinajstić information content (AvgIpc) is 2.88. The van der Waals surface area contributed by atoms with Gasteiger partial charge in [-0.1, -0.05) is 24.7 Å². The van der Waals surface area contributed by atoms with Crippen molar-refractivity contribution in [2.75, 3.05) is 0 Å². The van der Waals surface area contributed by atoms with Crippen LogP contribution in [-0.4, -0.2) is 24.8 Å². The van der Waals surface area contributed by atoms with Crippen molar-refractivity contribution in [1.82, 2.24) is 24.8 Å². The van der Waals surface area contributed by atoms with Crippen LogP contribution in [0, 0.1) is 6.92 Å². The van der Waals surface area contributed by atoms with Crippen LogP contribution >= 0.6 is 11.3 Å². The Hall–Kier alpha value is -1.50. The summed E-state index contributed by atoms with van der Waals surface area (Å²) in [6.07, 6.45) is 2.13. The molecule has 7 heteroatoms. The molecule has 0 unspecified atom stereocenters. The maximum Gasteiger partial charge on any atom is 0.307 e. The van der Waals surface area contributed by atoms with Gasteiger partial charge in [0.2, 0.25) is 0 Å². The third-order valence-electron chi connectivity index (χ3n) is 2.61. The van der Waals surface area contributed by atoms with Crippen molar-refractivity contribution in [3.8, 4) is 0 Å². The first-order valence-corrected chi connectivity index (χ1v) is 6.50. The van der Waals surface area contributed by atoms with E-state index in [9.17, 15) is 4.79 Å². The molecule has 0 saturated carbocycles. The number of thiazole rings is 1. The Balaban J connectivity index is 2.19. The van der Waals surface area contributed by atoms with Crippen molar-refractivity contribution in [3.05, 3.63) is 26.6 Å². The van der Waals surface area contributed by atoms with Crippen molar-refractivity contribution in [2.24, 2.45) is 0 Å². The fraction of sp³-hybridized carbons (Fsp3) is 0.600. The molecule has 2 aromatic rings. The minimum Gasteiger partial charge on any atom is -0.296 e. The Bertz CT molecular complexity index is 541. The third-order valence-corrected chi connectivity index (χ3v) is 3.49. The largest absolute Gasteiger partial charge is 0.307 e. The van der Waals surface area contributed by atoms with Crippen LogP contribution < -0.4 is 4.87 Å². The third kappa shape index (κ3) is 2.60. The summed E-state index contributed by atoms with van der Waals surface area (Å²) in [5, 5.41) is 13.4. The summed E-state index contributed by atoms with van der Waals surface area (Å²) in [6.45, 7) is 5.29. The maximum absolute atomic E-state index is 11.6. The zero-order chi connectivity index (χ0) is 12.3. The topological polar surface area (TPSA) is 65.6 Å². The molecule has 2 heterocycles. The second-order valence-corrected chi connectivity index (χ2v) is 4.72. The highest BCUT2D eigenvalue weighted by Gasteiger charge is 2.09. The maximum atomic E-state index is 11.6. The van der Waals surface area contributed by atoms with Crippen LogP contribution in [0.1, 0.15) is 31.3 Å². The van der Waals surface area contributed by atoms with Crippen LogP contribution in [0.15, 0.2) is 10.2 Å². The van der Waals surface area contributed by atoms with Gasteiger partial charge in [0.25, 0.3) is 0 Å². The number of aryl methyl sites for hydroxylation is 2. The lowest BCUT2D eigenvalue weighted by atomic mass is 10.3. The van der Waals surface area contributed by atoms with E-state index in [0.717, 1.165) is 30.9 Å². The molecule has 0 saturated heterocycles. The predicted octanol–water partition coefficient (Wildman–Crippen LogP) is 1.05. The second kappa shape index (κ2) is 5.22. The first-order chi connectivity index (χ1) is 8.22. The van der Waals surface area contributed by atoms with Gasteiger partial charge in [0, 0.05) is 17.6 Å². The van der Waals surface area contributed by atoms with Crippen molar-refractivity contribution in [1.29, 1.82) is 0 Å². The molecular formula is C10H15N5OS. The van der Waals surface area contributed by atoms with Crippen molar-refractivity contribution in [3.63, 3.8) is 0 Å². The Morgan fingerprint density at radius 2 is 2.29 bits per heavy atom. The molecule has 2 rings (SSSR count). The number of hydrogen-bond acceptors (Lipinski definition) is 5. The van der Waals surface area contributed by atoms with E-state index >= 15 is 0 Å². The lowest BCUT2D eigenvalue weighted by Gasteiger charge is -2.05. The summed E-state index contributed by atoms with van der Waals surface area (Å²) in [7, 11) is 0. The van der Waals surface area contributed by atoms with Crippen LogP contribution in [0.25, 0.3) is 0 Å². The molecule has 0 bridgehead atoms. The van der Waals surface area contributed by atoms with E-state index in [2.05, 4.69) is 22.4 Å². The second-order valence-electron chi connectivity index (χ2n) is 3.90. The molecule has 0 aliphatic rings. The van der Waals surface area contributed by atoms with E-state index in [4.69, 9.17) is 0 Å². The molecule has 0 atom stereocenters. The predicted molar refractivity (Wildman–Crippen MR) is 65.1 cm³/mol. The quantitative estimate of drug-likeness (QED) is 0.799. The Kier molecular flexibility index (Phi) is 3.68. The van der Waals surface area contributed by atoms with Crippen LogP contribution in [0.5, 0.6) is 0 Å². The van der Waals surface area contributed by atoms with Crippen molar-refractivity contribution < 1.29 is 0 Å². The number of rotatable bonds is 5. The van der Waals surface area contributed by atoms with Gasteiger partial charge in [-0.2, -0.15) is 0 Å². The van der Waals surface area contributed by atoms with E-state index in [1.54, 1.807) is 9.25 Å². The molecule has 0 spiro atoms. The fourth-order valence-corrected chi connectivity index (χ4v) is 2.29. The summed E-state index contributed by atoms with van der Waals surface area (Å²) in [4.78, 5) is 11.6. The van der Waals surface area contributed by atoms with Gasteiger partial charge in [-0.3, -0.25) is 9.36 Å². The standard InChI is InChI=1S/C10H15N5OS/c1-3-4-5-15-9(11-12-13-15)6-14-8(2)7-17-10(14)16/h7H,3-6H2,1-2H3. The summed E-state index contributed by atoms with van der Waals surface area (Å²) < 4.78 is 3.46. The molecule has 0 fully saturated rings. The van der Waals surface area contributed by atoms with E-state index in [0.29, 0.717) is 6.54 Å². The highest BCUT2D eigenvalue weighted by Crippen LogP contribution is 2.04. The number of aromatic nitrogens is 5. The smallest absolute Gasteiger partial charge is 0.296 e. The number of tetrazole rings is 1. The molecule has 0 amide bonds. The molecule has 2 aromatic heterocycles. The monoisotopic (exact) mass is 253 g/mol. The van der Waals surface area contributed by atoms with Gasteiger partial charge in [0.05, 0.1) is 6.54 Å². The molecule has 6 nitrogen and oxygen atoms in total. The minimum absolute atomic E-state index is 0.0348. The number of nitrogens with zero attached hydrogens (tertiary/aromatic N) is 5. The highest BCUT2D eigenvalue weighted by atomic mass is 32.1. The summed E-state index contributed by atoms with van der Waals surface area (Å²) in [5.74, 6) is 0.738. The lowest BCUT2D eigenvalue weighted by Crippen LogP contribution is -2.18. The normalized spacial score (nSPS) is 10.9. The van der Waals surface area contributed by atoms with Crippen LogP contribution in [0.4, 0.5) is 0 Å². The van der Waals surface area contributed by atoms with Gasteiger partial charge >= 0.3 is 4.87 Å². The molecule has 0 aromatic carbocycles. The van der Waals surface area contributed by atoms with E-state index in [1.807, 2.05) is 12.3 Å². The minimum atomic E-state index is 0.0348. The van der Waals surface area contributed by atoms with Gasteiger partial charge in [-0.05, 0) is 23.8 Å². The zero-order valence-electron chi connectivity index (χ0n) is 9.96. The Morgan fingerprint density at radius 1 is 1.47 bits per heavy atom. The van der Waals surface area contributed by atoms with Crippen LogP contribution in [-0.2, 0) is 13.1 Å². The number of hydrogen-bond donors (Lipinski definition) is 0.